The molecule has 0 saturated heterocycles. The van der Waals surface area contributed by atoms with Gasteiger partial charge in [-0.2, -0.15) is 0 Å². The van der Waals surface area contributed by atoms with Gasteiger partial charge in [0.2, 0.25) is 5.78 Å². The maximum Gasteiger partial charge on any atom is 0.337 e. The third-order valence-corrected chi connectivity index (χ3v) is 4.04. The van der Waals surface area contributed by atoms with E-state index in [4.69, 9.17) is 0 Å². The fourth-order valence-electron chi connectivity index (χ4n) is 2.68. The molecule has 0 radical (unpaired) electrons. The summed E-state index contributed by atoms with van der Waals surface area (Å²) < 4.78 is 5.98. The van der Waals surface area contributed by atoms with Crippen molar-refractivity contribution in [2.45, 2.75) is 0 Å². The highest BCUT2D eigenvalue weighted by Crippen LogP contribution is 2.21. The quantitative estimate of drug-likeness (QED) is 0.585. The molecule has 0 bridgehead atoms. The van der Waals surface area contributed by atoms with E-state index in [1.165, 1.54) is 43.0 Å². The minimum atomic E-state index is -0.558. The van der Waals surface area contributed by atoms with Gasteiger partial charge in [0.25, 0.3) is 5.56 Å². The molecule has 1 heterocycles. The van der Waals surface area contributed by atoms with Crippen molar-refractivity contribution in [1.82, 2.24) is 4.57 Å². The number of phenols is 1. The summed E-state index contributed by atoms with van der Waals surface area (Å²) >= 11 is 0. The average molecular weight is 337 g/mol. The average Bonchev–Trinajstić information content (AvgIpc) is 2.63. The first-order valence-electron chi connectivity index (χ1n) is 7.49. The lowest BCUT2D eigenvalue weighted by Crippen LogP contribution is -2.25. The first kappa shape index (κ1) is 16.4. The number of hydrogen-bond donors (Lipinski definition) is 1. The van der Waals surface area contributed by atoms with Crippen LogP contribution < -0.4 is 5.56 Å². The molecule has 2 aromatic carbocycles. The maximum atomic E-state index is 12.7. The van der Waals surface area contributed by atoms with Crippen molar-refractivity contribution in [2.24, 2.45) is 7.05 Å². The zero-order valence-corrected chi connectivity index (χ0v) is 13.6. The van der Waals surface area contributed by atoms with Crippen LogP contribution in [0.25, 0.3) is 10.9 Å². The van der Waals surface area contributed by atoms with E-state index in [0.29, 0.717) is 16.5 Å². The number of aromatic nitrogens is 1. The molecule has 25 heavy (non-hydrogen) atoms. The Kier molecular flexibility index (Phi) is 4.10. The summed E-state index contributed by atoms with van der Waals surface area (Å²) in [5.41, 5.74) is 0.307. The Morgan fingerprint density at radius 1 is 1.04 bits per heavy atom. The lowest BCUT2D eigenvalue weighted by Gasteiger charge is -2.10. The number of methoxy groups -OCH3 is 1. The summed E-state index contributed by atoms with van der Waals surface area (Å²) in [6, 6.07) is 12.3. The number of fused-ring (bicyclic) bond motifs is 1. The minimum Gasteiger partial charge on any atom is -0.507 e. The van der Waals surface area contributed by atoms with Crippen molar-refractivity contribution in [1.29, 1.82) is 0 Å². The molecule has 126 valence electrons. The molecule has 0 amide bonds. The standard InChI is InChI=1S/C19H15NO5/c1-20-15-10-12(19(24)25-2)8-7-11(15)9-14(18(20)23)17(22)13-5-3-4-6-16(13)21/h3-10,21H,1-2H3. The molecule has 0 unspecified atom stereocenters. The number of phenolic OH excluding ortho intramolecular Hbond substituents is 1. The zero-order valence-electron chi connectivity index (χ0n) is 13.6. The van der Waals surface area contributed by atoms with Crippen molar-refractivity contribution in [3.05, 3.63) is 75.6 Å². The largest absolute Gasteiger partial charge is 0.507 e. The molecule has 0 aliphatic carbocycles. The van der Waals surface area contributed by atoms with Gasteiger partial charge >= 0.3 is 5.97 Å². The van der Waals surface area contributed by atoms with Crippen molar-refractivity contribution < 1.29 is 19.4 Å². The highest BCUT2D eigenvalue weighted by Gasteiger charge is 2.19. The molecule has 1 N–H and O–H groups in total. The number of carbonyl (C=O) groups excluding carboxylic acids is 2. The van der Waals surface area contributed by atoms with Crippen molar-refractivity contribution in [3.8, 4) is 5.75 Å². The Morgan fingerprint density at radius 3 is 2.44 bits per heavy atom. The van der Waals surface area contributed by atoms with Crippen molar-refractivity contribution in [2.75, 3.05) is 7.11 Å². The number of para-hydroxylation sites is 1. The van der Waals surface area contributed by atoms with Crippen LogP contribution in [0.4, 0.5) is 0 Å². The van der Waals surface area contributed by atoms with Crippen molar-refractivity contribution >= 4 is 22.7 Å². The molecule has 0 aliphatic rings. The Morgan fingerprint density at radius 2 is 1.76 bits per heavy atom. The van der Waals surface area contributed by atoms with Crippen LogP contribution in [0.2, 0.25) is 0 Å². The van der Waals surface area contributed by atoms with Gasteiger partial charge in [-0.1, -0.05) is 18.2 Å². The van der Waals surface area contributed by atoms with E-state index in [1.54, 1.807) is 24.3 Å². The lowest BCUT2D eigenvalue weighted by molar-refractivity contribution is 0.0600. The zero-order chi connectivity index (χ0) is 18.1. The predicted octanol–water partition coefficient (Wildman–Crippen LogP) is 2.26. The summed E-state index contributed by atoms with van der Waals surface area (Å²) in [5, 5.41) is 10.5. The Hall–Kier alpha value is -3.41. The van der Waals surface area contributed by atoms with Crippen LogP contribution >= 0.6 is 0 Å². The molecule has 0 spiro atoms. The highest BCUT2D eigenvalue weighted by atomic mass is 16.5. The van der Waals surface area contributed by atoms with Gasteiger partial charge in [0.1, 0.15) is 5.75 Å². The van der Waals surface area contributed by atoms with Crippen LogP contribution in [0.15, 0.2) is 53.3 Å². The Bertz CT molecular complexity index is 1070. The number of hydrogen-bond acceptors (Lipinski definition) is 5. The van der Waals surface area contributed by atoms with Gasteiger partial charge in [0, 0.05) is 7.05 Å². The number of ether oxygens (including phenoxy) is 1. The molecule has 0 saturated carbocycles. The topological polar surface area (TPSA) is 85.6 Å². The van der Waals surface area contributed by atoms with E-state index in [0.717, 1.165) is 0 Å². The highest BCUT2D eigenvalue weighted by molar-refractivity contribution is 6.11. The fraction of sp³-hybridized carbons (Fsp3) is 0.105. The summed E-state index contributed by atoms with van der Waals surface area (Å²) in [7, 11) is 2.80. The van der Waals surface area contributed by atoms with Crippen LogP contribution in [0.5, 0.6) is 5.75 Å². The van der Waals surface area contributed by atoms with E-state index in [9.17, 15) is 19.5 Å². The third-order valence-electron chi connectivity index (χ3n) is 4.04. The SMILES string of the molecule is COC(=O)c1ccc2cc(C(=O)c3ccccc3O)c(=O)n(C)c2c1. The number of benzene rings is 2. The first-order chi connectivity index (χ1) is 11.9. The molecule has 1 aromatic heterocycles. The normalized spacial score (nSPS) is 10.6. The second kappa shape index (κ2) is 6.24. The number of carbonyl (C=O) groups is 2. The van der Waals surface area contributed by atoms with Gasteiger partial charge in [0.15, 0.2) is 0 Å². The molecule has 3 rings (SSSR count). The molecule has 3 aromatic rings. The maximum absolute atomic E-state index is 12.7. The Balaban J connectivity index is 2.20. The van der Waals surface area contributed by atoms with E-state index >= 15 is 0 Å². The van der Waals surface area contributed by atoms with Crippen LogP contribution in [-0.4, -0.2) is 28.5 Å². The van der Waals surface area contributed by atoms with Crippen LogP contribution in [0.1, 0.15) is 26.3 Å². The molecule has 0 aliphatic heterocycles. The Labute approximate surface area is 142 Å². The van der Waals surface area contributed by atoms with Crippen molar-refractivity contribution in [3.63, 3.8) is 0 Å². The van der Waals surface area contributed by atoms with E-state index in [2.05, 4.69) is 4.74 Å². The molecule has 0 atom stereocenters. The third kappa shape index (κ3) is 2.78. The number of nitrogens with zero attached hydrogens (tertiary/aromatic N) is 1. The van der Waals surface area contributed by atoms with Gasteiger partial charge in [0.05, 0.1) is 29.3 Å². The lowest BCUT2D eigenvalue weighted by atomic mass is 10.0. The van der Waals surface area contributed by atoms with Gasteiger partial charge in [-0.15, -0.1) is 0 Å². The molecular weight excluding hydrogens is 322 g/mol. The van der Waals surface area contributed by atoms with E-state index in [-0.39, 0.29) is 16.9 Å². The summed E-state index contributed by atoms with van der Waals surface area (Å²) in [5.74, 6) is -1.25. The second-order valence-electron chi connectivity index (χ2n) is 5.53. The van der Waals surface area contributed by atoms with Gasteiger partial charge in [-0.25, -0.2) is 4.79 Å². The fourth-order valence-corrected chi connectivity index (χ4v) is 2.68. The molecule has 6 heteroatoms. The minimum absolute atomic E-state index is 0.0534. The van der Waals surface area contributed by atoms with E-state index < -0.39 is 17.3 Å². The summed E-state index contributed by atoms with van der Waals surface area (Å²) in [6.07, 6.45) is 0. The first-order valence-corrected chi connectivity index (χ1v) is 7.49. The van der Waals surface area contributed by atoms with Gasteiger partial charge in [-0.3, -0.25) is 9.59 Å². The van der Waals surface area contributed by atoms with E-state index in [1.807, 2.05) is 0 Å². The predicted molar refractivity (Wildman–Crippen MR) is 92.1 cm³/mol. The number of aromatic hydroxyl groups is 1. The number of pyridine rings is 1. The van der Waals surface area contributed by atoms with Crippen LogP contribution in [-0.2, 0) is 11.8 Å². The molecule has 0 fully saturated rings. The number of ketones is 1. The molecule has 6 nitrogen and oxygen atoms in total. The monoisotopic (exact) mass is 337 g/mol. The second-order valence-corrected chi connectivity index (χ2v) is 5.53. The number of esters is 1. The number of aryl methyl sites for hydroxylation is 1. The van der Waals surface area contributed by atoms with Crippen LogP contribution in [0.3, 0.4) is 0 Å². The van der Waals surface area contributed by atoms with Crippen LogP contribution in [0, 0.1) is 0 Å². The van der Waals surface area contributed by atoms with Gasteiger partial charge in [-0.05, 0) is 35.7 Å². The molecular formula is C19H15NO5. The smallest absolute Gasteiger partial charge is 0.337 e. The summed E-state index contributed by atoms with van der Waals surface area (Å²) in [4.78, 5) is 36.9. The summed E-state index contributed by atoms with van der Waals surface area (Å²) in [6.45, 7) is 0. The number of rotatable bonds is 3. The van der Waals surface area contributed by atoms with Gasteiger partial charge < -0.3 is 14.4 Å².